The van der Waals surface area contributed by atoms with Gasteiger partial charge in [-0.15, -0.1) is 6.58 Å². The molecule has 0 aliphatic heterocycles. The first-order chi connectivity index (χ1) is 8.04. The summed E-state index contributed by atoms with van der Waals surface area (Å²) in [5.74, 6) is -0.615. The Hall–Kier alpha value is -1.55. The van der Waals surface area contributed by atoms with Gasteiger partial charge >= 0.3 is 0 Å². The second-order valence-electron chi connectivity index (χ2n) is 3.37. The van der Waals surface area contributed by atoms with E-state index in [0.717, 1.165) is 6.07 Å². The maximum Gasteiger partial charge on any atom is 0.261 e. The highest BCUT2D eigenvalue weighted by molar-refractivity contribution is 6.30. The lowest BCUT2D eigenvalue weighted by molar-refractivity contribution is -0.127. The van der Waals surface area contributed by atoms with Crippen LogP contribution >= 0.6 is 11.6 Å². The number of benzene rings is 1. The van der Waals surface area contributed by atoms with Crippen LogP contribution in [0.3, 0.4) is 0 Å². The number of ether oxygens (including phenoxy) is 1. The van der Waals surface area contributed by atoms with E-state index in [1.54, 1.807) is 13.0 Å². The maximum absolute atomic E-state index is 13.1. The second-order valence-corrected chi connectivity index (χ2v) is 3.78. The predicted octanol–water partition coefficient (Wildman–Crippen LogP) is 2.55. The van der Waals surface area contributed by atoms with E-state index in [0.29, 0.717) is 6.54 Å². The number of hydrogen-bond acceptors (Lipinski definition) is 2. The summed E-state index contributed by atoms with van der Waals surface area (Å²) in [5.41, 5.74) is 0. The van der Waals surface area contributed by atoms with E-state index in [1.807, 2.05) is 0 Å². The molecule has 1 aromatic carbocycles. The first kappa shape index (κ1) is 13.5. The van der Waals surface area contributed by atoms with Gasteiger partial charge in [-0.25, -0.2) is 4.39 Å². The SMILES string of the molecule is C=CCNC(=O)C(C)Oc1ccc(Cl)c(F)c1. The molecule has 0 bridgehead atoms. The molecule has 0 fully saturated rings. The van der Waals surface area contributed by atoms with E-state index >= 15 is 0 Å². The summed E-state index contributed by atoms with van der Waals surface area (Å²) >= 11 is 5.53. The third-order valence-electron chi connectivity index (χ3n) is 1.99. The first-order valence-electron chi connectivity index (χ1n) is 5.05. The normalized spacial score (nSPS) is 11.7. The molecule has 5 heteroatoms. The fourth-order valence-electron chi connectivity index (χ4n) is 1.12. The van der Waals surface area contributed by atoms with E-state index in [1.165, 1.54) is 12.1 Å². The maximum atomic E-state index is 13.1. The van der Waals surface area contributed by atoms with Gasteiger partial charge in [0.05, 0.1) is 5.02 Å². The van der Waals surface area contributed by atoms with E-state index in [4.69, 9.17) is 16.3 Å². The largest absolute Gasteiger partial charge is 0.481 e. The molecule has 17 heavy (non-hydrogen) atoms. The van der Waals surface area contributed by atoms with Crippen molar-refractivity contribution in [2.24, 2.45) is 0 Å². The van der Waals surface area contributed by atoms with E-state index in [-0.39, 0.29) is 16.7 Å². The zero-order valence-corrected chi connectivity index (χ0v) is 10.1. The van der Waals surface area contributed by atoms with Gasteiger partial charge in [0.2, 0.25) is 0 Å². The van der Waals surface area contributed by atoms with Crippen LogP contribution in [0.5, 0.6) is 5.75 Å². The Morgan fingerprint density at radius 3 is 3.00 bits per heavy atom. The lowest BCUT2D eigenvalue weighted by Gasteiger charge is -2.14. The van der Waals surface area contributed by atoms with E-state index in [9.17, 15) is 9.18 Å². The molecule has 92 valence electrons. The van der Waals surface area contributed by atoms with Gasteiger partial charge in [0.15, 0.2) is 6.10 Å². The zero-order valence-electron chi connectivity index (χ0n) is 9.37. The summed E-state index contributed by atoms with van der Waals surface area (Å²) in [6, 6.07) is 4.02. The van der Waals surface area contributed by atoms with Gasteiger partial charge in [0.1, 0.15) is 11.6 Å². The Balaban J connectivity index is 2.61. The summed E-state index contributed by atoms with van der Waals surface area (Å²) in [5, 5.41) is 2.59. The average Bonchev–Trinajstić information content (AvgIpc) is 2.30. The standard InChI is InChI=1S/C12H13ClFNO2/c1-3-6-15-12(16)8(2)17-9-4-5-10(13)11(14)7-9/h3-5,7-8H,1,6H2,2H3,(H,15,16). The summed E-state index contributed by atoms with van der Waals surface area (Å²) < 4.78 is 18.4. The first-order valence-corrected chi connectivity index (χ1v) is 5.42. The zero-order chi connectivity index (χ0) is 12.8. The molecule has 1 N–H and O–H groups in total. The molecule has 0 heterocycles. The lowest BCUT2D eigenvalue weighted by Crippen LogP contribution is -2.36. The highest BCUT2D eigenvalue weighted by Crippen LogP contribution is 2.21. The van der Waals surface area contributed by atoms with Crippen molar-refractivity contribution >= 4 is 17.5 Å². The van der Waals surface area contributed by atoms with Crippen molar-refractivity contribution in [1.82, 2.24) is 5.32 Å². The summed E-state index contributed by atoms with van der Waals surface area (Å²) in [6.07, 6.45) is 0.850. The van der Waals surface area contributed by atoms with Crippen molar-refractivity contribution in [3.05, 3.63) is 41.7 Å². The monoisotopic (exact) mass is 257 g/mol. The molecule has 0 saturated heterocycles. The second kappa shape index (κ2) is 6.25. The minimum Gasteiger partial charge on any atom is -0.481 e. The van der Waals surface area contributed by atoms with Gasteiger partial charge in [0, 0.05) is 12.6 Å². The highest BCUT2D eigenvalue weighted by Gasteiger charge is 2.14. The van der Waals surface area contributed by atoms with Crippen LogP contribution < -0.4 is 10.1 Å². The molecule has 1 unspecified atom stereocenters. The smallest absolute Gasteiger partial charge is 0.261 e. The minimum absolute atomic E-state index is 0.0149. The van der Waals surface area contributed by atoms with E-state index in [2.05, 4.69) is 11.9 Å². The third kappa shape index (κ3) is 4.07. The highest BCUT2D eigenvalue weighted by atomic mass is 35.5. The Kier molecular flexibility index (Phi) is 4.97. The van der Waals surface area contributed by atoms with Gasteiger partial charge in [0.25, 0.3) is 5.91 Å². The van der Waals surface area contributed by atoms with Crippen molar-refractivity contribution in [3.8, 4) is 5.75 Å². The Morgan fingerprint density at radius 1 is 1.71 bits per heavy atom. The van der Waals surface area contributed by atoms with Crippen LogP contribution in [0, 0.1) is 5.82 Å². The van der Waals surface area contributed by atoms with Crippen molar-refractivity contribution in [1.29, 1.82) is 0 Å². The summed E-state index contributed by atoms with van der Waals surface area (Å²) in [7, 11) is 0. The molecular weight excluding hydrogens is 245 g/mol. The van der Waals surface area contributed by atoms with Crippen LogP contribution in [-0.2, 0) is 4.79 Å². The molecule has 1 amide bonds. The summed E-state index contributed by atoms with van der Waals surface area (Å²) in [4.78, 5) is 11.5. The molecule has 1 atom stereocenters. The topological polar surface area (TPSA) is 38.3 Å². The predicted molar refractivity (Wildman–Crippen MR) is 64.7 cm³/mol. The quantitative estimate of drug-likeness (QED) is 0.824. The van der Waals surface area contributed by atoms with E-state index < -0.39 is 11.9 Å². The molecule has 1 aromatic rings. The summed E-state index contributed by atoms with van der Waals surface area (Å²) in [6.45, 7) is 5.41. The Labute approximate surface area is 104 Å². The van der Waals surface area contributed by atoms with Gasteiger partial charge in [-0.3, -0.25) is 4.79 Å². The Bertz CT molecular complexity index is 423. The van der Waals surface area contributed by atoms with Crippen molar-refractivity contribution in [3.63, 3.8) is 0 Å². The number of carbonyl (C=O) groups is 1. The number of hydrogen-bond donors (Lipinski definition) is 1. The van der Waals surface area contributed by atoms with Crippen molar-refractivity contribution < 1.29 is 13.9 Å². The third-order valence-corrected chi connectivity index (χ3v) is 2.30. The van der Waals surface area contributed by atoms with Gasteiger partial charge in [-0.05, 0) is 19.1 Å². The minimum atomic E-state index is -0.712. The van der Waals surface area contributed by atoms with Gasteiger partial charge in [-0.1, -0.05) is 17.7 Å². The molecule has 3 nitrogen and oxygen atoms in total. The van der Waals surface area contributed by atoms with Crippen LogP contribution in [0.1, 0.15) is 6.92 Å². The van der Waals surface area contributed by atoms with Crippen LogP contribution in [0.2, 0.25) is 5.02 Å². The van der Waals surface area contributed by atoms with Crippen molar-refractivity contribution in [2.45, 2.75) is 13.0 Å². The molecule has 0 saturated carbocycles. The number of carbonyl (C=O) groups excluding carboxylic acids is 1. The van der Waals surface area contributed by atoms with Crippen LogP contribution in [-0.4, -0.2) is 18.6 Å². The fourth-order valence-corrected chi connectivity index (χ4v) is 1.24. The molecular formula is C12H13ClFNO2. The van der Waals surface area contributed by atoms with Crippen LogP contribution in [0.15, 0.2) is 30.9 Å². The van der Waals surface area contributed by atoms with Gasteiger partial charge < -0.3 is 10.1 Å². The Morgan fingerprint density at radius 2 is 2.41 bits per heavy atom. The molecule has 0 aromatic heterocycles. The molecule has 0 aliphatic rings. The molecule has 0 radical (unpaired) electrons. The molecule has 1 rings (SSSR count). The molecule has 0 aliphatic carbocycles. The lowest BCUT2D eigenvalue weighted by atomic mass is 10.3. The molecule has 0 spiro atoms. The average molecular weight is 258 g/mol. The number of rotatable bonds is 5. The number of amides is 1. The van der Waals surface area contributed by atoms with Crippen LogP contribution in [0.4, 0.5) is 4.39 Å². The van der Waals surface area contributed by atoms with Gasteiger partial charge in [-0.2, -0.15) is 0 Å². The number of nitrogens with one attached hydrogen (secondary N) is 1. The fraction of sp³-hybridized carbons (Fsp3) is 0.250. The van der Waals surface area contributed by atoms with Crippen molar-refractivity contribution in [2.75, 3.05) is 6.54 Å². The number of halogens is 2. The van der Waals surface area contributed by atoms with Crippen LogP contribution in [0.25, 0.3) is 0 Å².